The number of carbonyl (C=O) groups is 1. The van der Waals surface area contributed by atoms with Crippen LogP contribution in [0.1, 0.15) is 10.4 Å². The molecular formula is C13H8ClFO3. The van der Waals surface area contributed by atoms with E-state index in [-0.39, 0.29) is 29.5 Å². The van der Waals surface area contributed by atoms with Gasteiger partial charge in [0, 0.05) is 0 Å². The molecule has 0 spiro atoms. The molecule has 0 aromatic heterocycles. The number of halogens is 2. The van der Waals surface area contributed by atoms with Gasteiger partial charge in [-0.25, -0.2) is 9.18 Å². The maximum Gasteiger partial charge on any atom is 0.339 e. The van der Waals surface area contributed by atoms with Crippen LogP contribution in [0, 0.1) is 30.5 Å². The van der Waals surface area contributed by atoms with E-state index in [2.05, 4.69) is 16.6 Å². The topological polar surface area (TPSA) is 35.5 Å². The summed E-state index contributed by atoms with van der Waals surface area (Å²) in [6.45, 7) is -0.328. The second-order valence-electron chi connectivity index (χ2n) is 3.04. The van der Waals surface area contributed by atoms with Crippen LogP contribution in [-0.2, 0) is 4.74 Å². The Kier molecular flexibility index (Phi) is 5.05. The lowest BCUT2D eigenvalue weighted by molar-refractivity contribution is 0.0556. The molecular weight excluding hydrogens is 259 g/mol. The van der Waals surface area contributed by atoms with Crippen LogP contribution in [0.5, 0.6) is 5.75 Å². The number of benzene rings is 1. The Morgan fingerprint density at radius 2 is 2.00 bits per heavy atom. The average Bonchev–Trinajstić information content (AvgIpc) is 2.34. The third-order valence-electron chi connectivity index (χ3n) is 1.82. The zero-order valence-electron chi connectivity index (χ0n) is 9.20. The maximum atomic E-state index is 13.6. The van der Waals surface area contributed by atoms with Gasteiger partial charge in [0.15, 0.2) is 18.2 Å². The van der Waals surface area contributed by atoms with Gasteiger partial charge in [0.1, 0.15) is 6.61 Å². The fraction of sp³-hybridized carbons (Fsp3) is 0.154. The Balaban J connectivity index is 2.96. The highest BCUT2D eigenvalue weighted by Gasteiger charge is 2.15. The van der Waals surface area contributed by atoms with Crippen LogP contribution in [-0.4, -0.2) is 19.2 Å². The second kappa shape index (κ2) is 6.54. The first kappa shape index (κ1) is 13.9. The summed E-state index contributed by atoms with van der Waals surface area (Å²) in [6, 6.07) is 2.16. The van der Waals surface area contributed by atoms with Crippen molar-refractivity contribution in [3.8, 4) is 30.4 Å². The molecule has 0 saturated carbocycles. The van der Waals surface area contributed by atoms with Gasteiger partial charge in [0.05, 0.1) is 10.6 Å². The highest BCUT2D eigenvalue weighted by molar-refractivity contribution is 6.32. The van der Waals surface area contributed by atoms with E-state index in [0.717, 1.165) is 6.07 Å². The summed E-state index contributed by atoms with van der Waals surface area (Å²) in [7, 11) is 0. The summed E-state index contributed by atoms with van der Waals surface area (Å²) < 4.78 is 23.1. The zero-order valence-corrected chi connectivity index (χ0v) is 9.96. The van der Waals surface area contributed by atoms with Gasteiger partial charge in [-0.1, -0.05) is 23.4 Å². The van der Waals surface area contributed by atoms with E-state index in [9.17, 15) is 9.18 Å². The number of ether oxygens (including phenoxy) is 2. The van der Waals surface area contributed by atoms with Crippen molar-refractivity contribution < 1.29 is 18.7 Å². The first-order chi connectivity index (χ1) is 8.60. The van der Waals surface area contributed by atoms with Crippen molar-refractivity contribution in [3.05, 3.63) is 28.5 Å². The highest BCUT2D eigenvalue weighted by atomic mass is 35.5. The number of rotatable bonds is 4. The predicted octanol–water partition coefficient (Wildman–Crippen LogP) is 2.28. The van der Waals surface area contributed by atoms with E-state index in [1.807, 2.05) is 0 Å². The Labute approximate surface area is 109 Å². The molecule has 0 radical (unpaired) electrons. The second-order valence-corrected chi connectivity index (χ2v) is 3.45. The Hall–Kier alpha value is -2.17. The molecule has 0 heterocycles. The quantitative estimate of drug-likeness (QED) is 0.620. The molecule has 0 N–H and O–H groups in total. The van der Waals surface area contributed by atoms with Crippen LogP contribution in [0.2, 0.25) is 5.02 Å². The van der Waals surface area contributed by atoms with Gasteiger partial charge in [0.25, 0.3) is 0 Å². The number of hydrogen-bond donors (Lipinski definition) is 0. The van der Waals surface area contributed by atoms with E-state index < -0.39 is 11.8 Å². The third kappa shape index (κ3) is 3.41. The summed E-state index contributed by atoms with van der Waals surface area (Å²) in [5, 5.41) is -0.0714. The van der Waals surface area contributed by atoms with E-state index in [1.54, 1.807) is 0 Å². The van der Waals surface area contributed by atoms with Crippen LogP contribution >= 0.6 is 11.6 Å². The molecule has 18 heavy (non-hydrogen) atoms. The summed E-state index contributed by atoms with van der Waals surface area (Å²) in [4.78, 5) is 11.4. The van der Waals surface area contributed by atoms with Gasteiger partial charge in [-0.05, 0) is 12.1 Å². The van der Waals surface area contributed by atoms with E-state index >= 15 is 0 Å². The van der Waals surface area contributed by atoms with Crippen molar-refractivity contribution in [1.29, 1.82) is 0 Å². The Morgan fingerprint density at radius 3 is 2.56 bits per heavy atom. The highest BCUT2D eigenvalue weighted by Crippen LogP contribution is 2.29. The number of esters is 1. The van der Waals surface area contributed by atoms with E-state index in [0.29, 0.717) is 0 Å². The average molecular weight is 267 g/mol. The molecule has 3 nitrogen and oxygen atoms in total. The SMILES string of the molecule is C#CCOC(=O)c1cc(F)c(OCC#C)c(Cl)c1. The fourth-order valence-corrected chi connectivity index (χ4v) is 1.38. The van der Waals surface area contributed by atoms with Crippen LogP contribution in [0.25, 0.3) is 0 Å². The van der Waals surface area contributed by atoms with Crippen LogP contribution in [0.3, 0.4) is 0 Å². The van der Waals surface area contributed by atoms with E-state index in [4.69, 9.17) is 29.2 Å². The summed E-state index contributed by atoms with van der Waals surface area (Å²) >= 11 is 5.77. The molecule has 92 valence electrons. The van der Waals surface area contributed by atoms with Crippen molar-refractivity contribution >= 4 is 17.6 Å². The van der Waals surface area contributed by atoms with Crippen molar-refractivity contribution in [2.75, 3.05) is 13.2 Å². The van der Waals surface area contributed by atoms with Gasteiger partial charge >= 0.3 is 5.97 Å². The first-order valence-corrected chi connectivity index (χ1v) is 5.13. The van der Waals surface area contributed by atoms with E-state index in [1.165, 1.54) is 6.07 Å². The van der Waals surface area contributed by atoms with Crippen LogP contribution in [0.4, 0.5) is 4.39 Å². The molecule has 5 heteroatoms. The molecule has 0 fully saturated rings. The maximum absolute atomic E-state index is 13.6. The molecule has 0 bridgehead atoms. The molecule has 0 aliphatic carbocycles. The summed E-state index contributed by atoms with van der Waals surface area (Å²) in [5.41, 5.74) is -0.0548. The number of terminal acetylenes is 2. The largest absolute Gasteiger partial charge is 0.476 e. The minimum Gasteiger partial charge on any atom is -0.476 e. The first-order valence-electron chi connectivity index (χ1n) is 4.76. The molecule has 1 aromatic carbocycles. The van der Waals surface area contributed by atoms with Gasteiger partial charge in [0.2, 0.25) is 0 Å². The lowest BCUT2D eigenvalue weighted by Crippen LogP contribution is -2.07. The molecule has 0 saturated heterocycles. The lowest BCUT2D eigenvalue weighted by atomic mass is 10.2. The Morgan fingerprint density at radius 1 is 1.33 bits per heavy atom. The zero-order chi connectivity index (χ0) is 13.5. The molecule has 0 aliphatic heterocycles. The molecule has 0 aliphatic rings. The van der Waals surface area contributed by atoms with Crippen LogP contribution < -0.4 is 4.74 Å². The smallest absolute Gasteiger partial charge is 0.339 e. The Bertz CT molecular complexity index is 517. The molecule has 0 atom stereocenters. The van der Waals surface area contributed by atoms with Crippen molar-refractivity contribution in [2.24, 2.45) is 0 Å². The monoisotopic (exact) mass is 266 g/mol. The fourth-order valence-electron chi connectivity index (χ4n) is 1.12. The van der Waals surface area contributed by atoms with Crippen molar-refractivity contribution in [2.45, 2.75) is 0 Å². The van der Waals surface area contributed by atoms with Gasteiger partial charge < -0.3 is 9.47 Å². The summed E-state index contributed by atoms with van der Waals surface area (Å²) in [6.07, 6.45) is 9.90. The van der Waals surface area contributed by atoms with Crippen molar-refractivity contribution in [1.82, 2.24) is 0 Å². The van der Waals surface area contributed by atoms with Crippen LogP contribution in [0.15, 0.2) is 12.1 Å². The van der Waals surface area contributed by atoms with Gasteiger partial charge in [-0.2, -0.15) is 0 Å². The predicted molar refractivity (Wildman–Crippen MR) is 64.9 cm³/mol. The molecule has 0 unspecified atom stereocenters. The molecule has 1 rings (SSSR count). The minimum atomic E-state index is -0.801. The molecule has 0 amide bonds. The van der Waals surface area contributed by atoms with Crippen molar-refractivity contribution in [3.63, 3.8) is 0 Å². The third-order valence-corrected chi connectivity index (χ3v) is 2.10. The number of hydrogen-bond acceptors (Lipinski definition) is 3. The van der Waals surface area contributed by atoms with Gasteiger partial charge in [-0.3, -0.25) is 0 Å². The summed E-state index contributed by atoms with van der Waals surface area (Å²) in [5.74, 6) is 2.52. The number of carbonyl (C=O) groups excluding carboxylic acids is 1. The minimum absolute atomic E-state index is 0.0548. The van der Waals surface area contributed by atoms with Gasteiger partial charge in [-0.15, -0.1) is 12.8 Å². The molecule has 1 aromatic rings. The standard InChI is InChI=1S/C13H8ClFO3/c1-3-5-17-12-10(14)7-9(8-11(12)15)13(16)18-6-4-2/h1-2,7-8H,5-6H2. The lowest BCUT2D eigenvalue weighted by Gasteiger charge is -2.08. The normalized spacial score (nSPS) is 9.11.